The molecule has 0 aliphatic rings. The van der Waals surface area contributed by atoms with Crippen LogP contribution in [0.3, 0.4) is 0 Å². The molecule has 3 aromatic rings. The van der Waals surface area contributed by atoms with E-state index in [0.717, 1.165) is 5.56 Å². The smallest absolute Gasteiger partial charge is 0.321 e. The zero-order chi connectivity index (χ0) is 20.6. The van der Waals surface area contributed by atoms with Gasteiger partial charge in [0.15, 0.2) is 11.6 Å². The van der Waals surface area contributed by atoms with Gasteiger partial charge < -0.3 is 19.5 Å². The first-order chi connectivity index (χ1) is 14.0. The molecule has 0 aliphatic heterocycles. The Morgan fingerprint density at radius 3 is 2.55 bits per heavy atom. The first kappa shape index (κ1) is 20.1. The van der Waals surface area contributed by atoms with Gasteiger partial charge in [-0.25, -0.2) is 9.18 Å². The summed E-state index contributed by atoms with van der Waals surface area (Å²) >= 11 is 0. The van der Waals surface area contributed by atoms with Crippen molar-refractivity contribution in [2.45, 2.75) is 6.54 Å². The second kappa shape index (κ2) is 9.54. The Morgan fingerprint density at radius 2 is 1.79 bits per heavy atom. The van der Waals surface area contributed by atoms with Gasteiger partial charge in [0.2, 0.25) is 0 Å². The van der Waals surface area contributed by atoms with E-state index in [1.165, 1.54) is 21.6 Å². The van der Waals surface area contributed by atoms with Crippen molar-refractivity contribution in [3.05, 3.63) is 94.7 Å². The number of nitrogens with one attached hydrogen (secondary N) is 1. The predicted molar refractivity (Wildman–Crippen MR) is 110 cm³/mol. The molecular weight excluding hydrogens is 373 g/mol. The molecule has 0 unspecified atom stereocenters. The average Bonchev–Trinajstić information content (AvgIpc) is 2.73. The van der Waals surface area contributed by atoms with Gasteiger partial charge in [-0.3, -0.25) is 4.79 Å². The van der Waals surface area contributed by atoms with E-state index in [1.807, 2.05) is 30.3 Å². The number of amides is 2. The molecule has 0 saturated heterocycles. The fraction of sp³-hybridized carbons (Fsp3) is 0.182. The summed E-state index contributed by atoms with van der Waals surface area (Å²) in [4.78, 5) is 26.4. The van der Waals surface area contributed by atoms with Crippen molar-refractivity contribution in [2.24, 2.45) is 0 Å². The number of benzene rings is 2. The minimum atomic E-state index is -0.456. The maximum atomic E-state index is 13.5. The number of hydrogen-bond donors (Lipinski definition) is 1. The van der Waals surface area contributed by atoms with Gasteiger partial charge in [-0.15, -0.1) is 0 Å². The van der Waals surface area contributed by atoms with Gasteiger partial charge in [-0.2, -0.15) is 0 Å². The monoisotopic (exact) mass is 395 g/mol. The molecule has 29 heavy (non-hydrogen) atoms. The van der Waals surface area contributed by atoms with E-state index in [1.54, 1.807) is 37.5 Å². The zero-order valence-electron chi connectivity index (χ0n) is 16.0. The molecule has 1 heterocycles. The molecule has 3 rings (SSSR count). The van der Waals surface area contributed by atoms with Crippen LogP contribution in [-0.4, -0.2) is 35.7 Å². The number of likely N-dealkylation sites (N-methyl/N-ethyl adjacent to an activating group) is 1. The van der Waals surface area contributed by atoms with Crippen molar-refractivity contribution in [1.82, 2.24) is 9.47 Å². The summed E-state index contributed by atoms with van der Waals surface area (Å²) < 4.78 is 20.4. The molecule has 2 aromatic carbocycles. The van der Waals surface area contributed by atoms with Crippen LogP contribution in [0.15, 0.2) is 77.7 Å². The van der Waals surface area contributed by atoms with Gasteiger partial charge in [0.25, 0.3) is 5.56 Å². The molecule has 1 aromatic heterocycles. The first-order valence-corrected chi connectivity index (χ1v) is 9.17. The fourth-order valence-electron chi connectivity index (χ4n) is 2.70. The van der Waals surface area contributed by atoms with Crippen molar-refractivity contribution >= 4 is 11.7 Å². The molecular formula is C22H22FN3O3. The molecule has 0 radical (unpaired) electrons. The van der Waals surface area contributed by atoms with Gasteiger partial charge in [0, 0.05) is 13.2 Å². The van der Waals surface area contributed by atoms with E-state index >= 15 is 0 Å². The Morgan fingerprint density at radius 1 is 1.07 bits per heavy atom. The lowest BCUT2D eigenvalue weighted by Crippen LogP contribution is -2.36. The summed E-state index contributed by atoms with van der Waals surface area (Å²) in [6, 6.07) is 18.5. The van der Waals surface area contributed by atoms with E-state index in [9.17, 15) is 14.0 Å². The molecule has 1 N–H and O–H groups in total. The maximum absolute atomic E-state index is 13.5. The van der Waals surface area contributed by atoms with Crippen LogP contribution < -0.4 is 15.6 Å². The summed E-state index contributed by atoms with van der Waals surface area (Å²) in [7, 11) is 1.57. The number of halogens is 1. The van der Waals surface area contributed by atoms with Crippen LogP contribution in [0.4, 0.5) is 14.9 Å². The Bertz CT molecular complexity index is 1020. The van der Waals surface area contributed by atoms with E-state index in [0.29, 0.717) is 6.54 Å². The molecule has 150 valence electrons. The lowest BCUT2D eigenvalue weighted by atomic mass is 10.2. The number of anilines is 1. The zero-order valence-corrected chi connectivity index (χ0v) is 16.0. The summed E-state index contributed by atoms with van der Waals surface area (Å²) in [5, 5.41) is 2.62. The SMILES string of the molecule is CN(CCOc1ccccc1F)C(=O)Nc1cccn(Cc2ccccc2)c1=O. The number of rotatable bonds is 7. The maximum Gasteiger partial charge on any atom is 0.321 e. The average molecular weight is 395 g/mol. The number of pyridine rings is 1. The third-order valence-corrected chi connectivity index (χ3v) is 4.33. The number of para-hydroxylation sites is 1. The summed E-state index contributed by atoms with van der Waals surface area (Å²) in [6.07, 6.45) is 1.68. The van der Waals surface area contributed by atoms with Gasteiger partial charge in [0.05, 0.1) is 13.1 Å². The number of carbonyl (C=O) groups excluding carboxylic acids is 1. The van der Waals surface area contributed by atoms with Crippen molar-refractivity contribution in [2.75, 3.05) is 25.5 Å². The van der Waals surface area contributed by atoms with Gasteiger partial charge in [-0.05, 0) is 29.8 Å². The second-order valence-electron chi connectivity index (χ2n) is 6.47. The minimum Gasteiger partial charge on any atom is -0.489 e. The standard InChI is InChI=1S/C22H22FN3O3/c1-25(14-15-29-20-12-6-5-10-18(20)23)22(28)24-19-11-7-13-26(21(19)27)16-17-8-3-2-4-9-17/h2-13H,14-16H2,1H3,(H,24,28). The molecule has 0 fully saturated rings. The van der Waals surface area contributed by atoms with Crippen LogP contribution in [0, 0.1) is 5.82 Å². The number of urea groups is 1. The van der Waals surface area contributed by atoms with E-state index in [4.69, 9.17) is 4.74 Å². The quantitative estimate of drug-likeness (QED) is 0.665. The largest absolute Gasteiger partial charge is 0.489 e. The first-order valence-electron chi connectivity index (χ1n) is 9.17. The minimum absolute atomic E-state index is 0.123. The van der Waals surface area contributed by atoms with Crippen LogP contribution in [0.5, 0.6) is 5.75 Å². The Kier molecular flexibility index (Phi) is 6.63. The number of aromatic nitrogens is 1. The van der Waals surface area contributed by atoms with Crippen molar-refractivity contribution in [3.8, 4) is 5.75 Å². The summed E-state index contributed by atoms with van der Waals surface area (Å²) in [5.74, 6) is -0.323. The molecule has 0 saturated carbocycles. The van der Waals surface area contributed by atoms with Crippen LogP contribution >= 0.6 is 0 Å². The van der Waals surface area contributed by atoms with Crippen LogP contribution in [0.1, 0.15) is 5.56 Å². The molecule has 6 nitrogen and oxygen atoms in total. The van der Waals surface area contributed by atoms with Crippen molar-refractivity contribution < 1.29 is 13.9 Å². The number of carbonyl (C=O) groups is 1. The van der Waals surface area contributed by atoms with Crippen molar-refractivity contribution in [3.63, 3.8) is 0 Å². The molecule has 0 atom stereocenters. The Hall–Kier alpha value is -3.61. The van der Waals surface area contributed by atoms with Gasteiger partial charge in [0.1, 0.15) is 12.3 Å². The third-order valence-electron chi connectivity index (χ3n) is 4.33. The second-order valence-corrected chi connectivity index (χ2v) is 6.47. The van der Waals surface area contributed by atoms with Crippen molar-refractivity contribution in [1.29, 1.82) is 0 Å². The molecule has 0 bridgehead atoms. The number of nitrogens with zero attached hydrogens (tertiary/aromatic N) is 2. The molecule has 0 spiro atoms. The highest BCUT2D eigenvalue weighted by Gasteiger charge is 2.12. The van der Waals surface area contributed by atoms with Crippen LogP contribution in [0.2, 0.25) is 0 Å². The number of ether oxygens (including phenoxy) is 1. The van der Waals surface area contributed by atoms with E-state index < -0.39 is 11.8 Å². The van der Waals surface area contributed by atoms with Gasteiger partial charge >= 0.3 is 6.03 Å². The molecule has 2 amide bonds. The summed E-state index contributed by atoms with van der Waals surface area (Å²) in [5.41, 5.74) is 0.886. The van der Waals surface area contributed by atoms with Crippen LogP contribution in [-0.2, 0) is 6.54 Å². The van der Waals surface area contributed by atoms with Gasteiger partial charge in [-0.1, -0.05) is 42.5 Å². The third kappa shape index (κ3) is 5.44. The van der Waals surface area contributed by atoms with E-state index in [2.05, 4.69) is 5.32 Å². The van der Waals surface area contributed by atoms with Crippen LogP contribution in [0.25, 0.3) is 0 Å². The summed E-state index contributed by atoms with van der Waals surface area (Å²) in [6.45, 7) is 0.763. The lowest BCUT2D eigenvalue weighted by molar-refractivity contribution is 0.206. The highest BCUT2D eigenvalue weighted by molar-refractivity contribution is 5.88. The molecule has 0 aliphatic carbocycles. The van der Waals surface area contributed by atoms with E-state index in [-0.39, 0.29) is 30.1 Å². The topological polar surface area (TPSA) is 63.6 Å². The number of hydrogen-bond acceptors (Lipinski definition) is 3. The fourth-order valence-corrected chi connectivity index (χ4v) is 2.70. The highest BCUT2D eigenvalue weighted by Crippen LogP contribution is 2.15. The normalized spacial score (nSPS) is 10.4. The Balaban J connectivity index is 1.57. The molecule has 7 heteroatoms. The highest BCUT2D eigenvalue weighted by atomic mass is 19.1. The lowest BCUT2D eigenvalue weighted by Gasteiger charge is -2.18. The Labute approximate surface area is 168 Å². The predicted octanol–water partition coefficient (Wildman–Crippen LogP) is 3.58.